The molecule has 0 radical (unpaired) electrons. The molecule has 152 valence electrons. The van der Waals surface area contributed by atoms with Crippen molar-refractivity contribution in [1.82, 2.24) is 19.9 Å². The van der Waals surface area contributed by atoms with Crippen molar-refractivity contribution >= 4 is 5.91 Å². The minimum Gasteiger partial charge on any atom is -0.347 e. The number of halogens is 2. The predicted octanol–water partition coefficient (Wildman–Crippen LogP) is 4.88. The second-order valence-electron chi connectivity index (χ2n) is 8.11. The number of aryl methyl sites for hydroxylation is 1. The summed E-state index contributed by atoms with van der Waals surface area (Å²) in [7, 11) is 0. The van der Waals surface area contributed by atoms with E-state index in [1.54, 1.807) is 41.2 Å². The second kappa shape index (κ2) is 7.39. The van der Waals surface area contributed by atoms with Crippen LogP contribution in [0.15, 0.2) is 48.8 Å². The van der Waals surface area contributed by atoms with Gasteiger partial charge in [0.1, 0.15) is 11.6 Å². The normalized spacial score (nSPS) is 12.1. The van der Waals surface area contributed by atoms with Crippen molar-refractivity contribution in [3.05, 3.63) is 65.7 Å². The summed E-state index contributed by atoms with van der Waals surface area (Å²) in [4.78, 5) is 21.6. The van der Waals surface area contributed by atoms with Crippen LogP contribution in [0, 0.1) is 6.92 Å². The lowest BCUT2D eigenvalue weighted by Gasteiger charge is -2.21. The molecule has 0 bridgehead atoms. The number of hydrogen-bond acceptors (Lipinski definition) is 3. The van der Waals surface area contributed by atoms with Crippen LogP contribution >= 0.6 is 0 Å². The third-order valence-electron chi connectivity index (χ3n) is 4.32. The number of carbonyl (C=O) groups excluding carboxylic acids is 1. The molecule has 0 spiro atoms. The van der Waals surface area contributed by atoms with E-state index in [1.807, 2.05) is 27.7 Å². The maximum absolute atomic E-state index is 13.5. The lowest BCUT2D eigenvalue weighted by molar-refractivity contribution is 0.0175. The highest BCUT2D eigenvalue weighted by Crippen LogP contribution is 2.29. The Kier molecular flexibility index (Phi) is 5.26. The van der Waals surface area contributed by atoms with Crippen molar-refractivity contribution < 1.29 is 13.6 Å². The number of rotatable bonds is 4. The standard InChI is InChI=1S/C22H24F2N4O/c1-14-25-10-11-28(14)19-13-16(20(29)27-21(2,3)4)12-18(26-19)15-6-8-17(9-7-15)22(5,23)24/h6-13H,1-5H3,(H,27,29). The van der Waals surface area contributed by atoms with Crippen molar-refractivity contribution in [3.8, 4) is 17.1 Å². The van der Waals surface area contributed by atoms with Crippen LogP contribution in [0.4, 0.5) is 8.78 Å². The molecule has 0 aliphatic carbocycles. The van der Waals surface area contributed by atoms with Gasteiger partial charge >= 0.3 is 0 Å². The number of nitrogens with zero attached hydrogens (tertiary/aromatic N) is 3. The average molecular weight is 398 g/mol. The van der Waals surface area contributed by atoms with Gasteiger partial charge in [0.2, 0.25) is 0 Å². The summed E-state index contributed by atoms with van der Waals surface area (Å²) in [6.07, 6.45) is 3.41. The van der Waals surface area contributed by atoms with Crippen molar-refractivity contribution in [1.29, 1.82) is 0 Å². The summed E-state index contributed by atoms with van der Waals surface area (Å²) in [6, 6.07) is 9.28. The molecule has 1 aromatic carbocycles. The fourth-order valence-corrected chi connectivity index (χ4v) is 2.88. The lowest BCUT2D eigenvalue weighted by Crippen LogP contribution is -2.40. The summed E-state index contributed by atoms with van der Waals surface area (Å²) in [6.45, 7) is 8.39. The van der Waals surface area contributed by atoms with Gasteiger partial charge in [-0.1, -0.05) is 24.3 Å². The van der Waals surface area contributed by atoms with Crippen LogP contribution in [-0.2, 0) is 5.92 Å². The Morgan fingerprint density at radius 3 is 2.24 bits per heavy atom. The van der Waals surface area contributed by atoms with Crippen LogP contribution in [0.3, 0.4) is 0 Å². The van der Waals surface area contributed by atoms with Gasteiger partial charge in [0.15, 0.2) is 0 Å². The molecule has 0 aliphatic rings. The quantitative estimate of drug-likeness (QED) is 0.681. The highest BCUT2D eigenvalue weighted by molar-refractivity contribution is 5.96. The van der Waals surface area contributed by atoms with E-state index in [2.05, 4.69) is 15.3 Å². The van der Waals surface area contributed by atoms with E-state index < -0.39 is 11.5 Å². The topological polar surface area (TPSA) is 59.8 Å². The highest BCUT2D eigenvalue weighted by Gasteiger charge is 2.24. The summed E-state index contributed by atoms with van der Waals surface area (Å²) >= 11 is 0. The van der Waals surface area contributed by atoms with Crippen LogP contribution in [-0.4, -0.2) is 26.0 Å². The fourth-order valence-electron chi connectivity index (χ4n) is 2.88. The molecule has 0 saturated heterocycles. The molecule has 2 heterocycles. The van der Waals surface area contributed by atoms with Gasteiger partial charge in [0.05, 0.1) is 5.69 Å². The fraction of sp³-hybridized carbons (Fsp3) is 0.318. The summed E-state index contributed by atoms with van der Waals surface area (Å²) in [5.41, 5.74) is 1.11. The molecular formula is C22H24F2N4O. The molecule has 0 aliphatic heterocycles. The Bertz CT molecular complexity index is 1030. The zero-order valence-corrected chi connectivity index (χ0v) is 17.1. The smallest absolute Gasteiger partial charge is 0.270 e. The molecular weight excluding hydrogens is 374 g/mol. The minimum atomic E-state index is -2.92. The van der Waals surface area contributed by atoms with Gasteiger partial charge in [-0.15, -0.1) is 0 Å². The molecule has 1 amide bonds. The first-order valence-corrected chi connectivity index (χ1v) is 9.28. The first-order chi connectivity index (χ1) is 13.4. The SMILES string of the molecule is Cc1nccn1-c1cc(C(=O)NC(C)(C)C)cc(-c2ccc(C(C)(F)F)cc2)n1. The van der Waals surface area contributed by atoms with E-state index >= 15 is 0 Å². The van der Waals surface area contributed by atoms with Gasteiger partial charge in [-0.2, -0.15) is 0 Å². The van der Waals surface area contributed by atoms with Gasteiger partial charge < -0.3 is 5.32 Å². The van der Waals surface area contributed by atoms with Gasteiger partial charge in [-0.3, -0.25) is 9.36 Å². The molecule has 1 N–H and O–H groups in total. The Morgan fingerprint density at radius 2 is 1.72 bits per heavy atom. The van der Waals surface area contributed by atoms with Gasteiger partial charge in [-0.25, -0.2) is 18.7 Å². The Balaban J connectivity index is 2.10. The third kappa shape index (κ3) is 4.85. The van der Waals surface area contributed by atoms with Gasteiger partial charge in [-0.05, 0) is 39.8 Å². The summed E-state index contributed by atoms with van der Waals surface area (Å²) in [5, 5.41) is 2.94. The van der Waals surface area contributed by atoms with Crippen LogP contribution < -0.4 is 5.32 Å². The maximum Gasteiger partial charge on any atom is 0.270 e. The maximum atomic E-state index is 13.5. The van der Waals surface area contributed by atoms with Crippen molar-refractivity contribution in [2.45, 2.75) is 46.1 Å². The molecule has 0 atom stereocenters. The molecule has 2 aromatic heterocycles. The van der Waals surface area contributed by atoms with E-state index in [-0.39, 0.29) is 11.5 Å². The zero-order valence-electron chi connectivity index (χ0n) is 17.1. The number of imidazole rings is 1. The second-order valence-corrected chi connectivity index (χ2v) is 8.11. The first-order valence-electron chi connectivity index (χ1n) is 9.28. The average Bonchev–Trinajstić information content (AvgIpc) is 3.05. The molecule has 3 aromatic rings. The summed E-state index contributed by atoms with van der Waals surface area (Å²) in [5.74, 6) is -1.91. The van der Waals surface area contributed by atoms with E-state index in [4.69, 9.17) is 0 Å². The molecule has 5 nitrogen and oxygen atoms in total. The number of aromatic nitrogens is 3. The molecule has 29 heavy (non-hydrogen) atoms. The summed E-state index contributed by atoms with van der Waals surface area (Å²) < 4.78 is 28.8. The highest BCUT2D eigenvalue weighted by atomic mass is 19.3. The lowest BCUT2D eigenvalue weighted by atomic mass is 10.0. The predicted molar refractivity (Wildman–Crippen MR) is 108 cm³/mol. The zero-order chi connectivity index (χ0) is 21.4. The van der Waals surface area contributed by atoms with Gasteiger partial charge in [0.25, 0.3) is 11.8 Å². The van der Waals surface area contributed by atoms with Crippen LogP contribution in [0.2, 0.25) is 0 Å². The number of nitrogens with one attached hydrogen (secondary N) is 1. The number of pyridine rings is 1. The number of benzene rings is 1. The molecule has 3 rings (SSSR count). The molecule has 7 heteroatoms. The molecule has 0 unspecified atom stereocenters. The van der Waals surface area contributed by atoms with E-state index in [1.165, 1.54) is 12.1 Å². The van der Waals surface area contributed by atoms with E-state index in [0.717, 1.165) is 12.7 Å². The third-order valence-corrected chi connectivity index (χ3v) is 4.32. The Morgan fingerprint density at radius 1 is 1.07 bits per heavy atom. The van der Waals surface area contributed by atoms with Gasteiger partial charge in [0, 0.05) is 41.5 Å². The number of carbonyl (C=O) groups is 1. The van der Waals surface area contributed by atoms with E-state index in [0.29, 0.717) is 22.6 Å². The minimum absolute atomic E-state index is 0.0754. The number of alkyl halides is 2. The monoisotopic (exact) mass is 398 g/mol. The first kappa shape index (κ1) is 20.6. The largest absolute Gasteiger partial charge is 0.347 e. The van der Waals surface area contributed by atoms with Crippen LogP contribution in [0.1, 0.15) is 49.4 Å². The van der Waals surface area contributed by atoms with Crippen molar-refractivity contribution in [3.63, 3.8) is 0 Å². The molecule has 0 saturated carbocycles. The molecule has 0 fully saturated rings. The Labute approximate surface area is 168 Å². The van der Waals surface area contributed by atoms with Crippen molar-refractivity contribution in [2.24, 2.45) is 0 Å². The number of amides is 1. The number of hydrogen-bond donors (Lipinski definition) is 1. The van der Waals surface area contributed by atoms with Crippen LogP contribution in [0.25, 0.3) is 17.1 Å². The van der Waals surface area contributed by atoms with Crippen LogP contribution in [0.5, 0.6) is 0 Å². The van der Waals surface area contributed by atoms with Crippen molar-refractivity contribution in [2.75, 3.05) is 0 Å². The van der Waals surface area contributed by atoms with E-state index in [9.17, 15) is 13.6 Å². The Hall–Kier alpha value is -3.09.